The molecule has 0 atom stereocenters. The molecule has 0 aromatic heterocycles. The van der Waals surface area contributed by atoms with Gasteiger partial charge in [-0.2, -0.15) is 11.8 Å². The molecule has 0 aliphatic heterocycles. The van der Waals surface area contributed by atoms with E-state index in [0.29, 0.717) is 5.56 Å². The van der Waals surface area contributed by atoms with Crippen LogP contribution in [0.5, 0.6) is 0 Å². The molecule has 0 saturated heterocycles. The number of nitrogens with one attached hydrogen (secondary N) is 2. The molecule has 24 heavy (non-hydrogen) atoms. The van der Waals surface area contributed by atoms with E-state index < -0.39 is 0 Å². The lowest BCUT2D eigenvalue weighted by molar-refractivity contribution is -0.115. The van der Waals surface area contributed by atoms with Crippen molar-refractivity contribution in [3.63, 3.8) is 0 Å². The third-order valence-electron chi connectivity index (χ3n) is 3.58. The highest BCUT2D eigenvalue weighted by molar-refractivity contribution is 7.97. The smallest absolute Gasteiger partial charge is 0.251 e. The van der Waals surface area contributed by atoms with Crippen molar-refractivity contribution in [1.29, 1.82) is 0 Å². The van der Waals surface area contributed by atoms with Gasteiger partial charge >= 0.3 is 0 Å². The van der Waals surface area contributed by atoms with Crippen molar-refractivity contribution in [2.24, 2.45) is 0 Å². The molecule has 4 nitrogen and oxygen atoms in total. The minimum absolute atomic E-state index is 0.0519. The summed E-state index contributed by atoms with van der Waals surface area (Å²) in [5.74, 6) is 0.386. The van der Waals surface area contributed by atoms with Gasteiger partial charge in [0.15, 0.2) is 0 Å². The van der Waals surface area contributed by atoms with E-state index in [4.69, 9.17) is 0 Å². The molecule has 0 unspecified atom stereocenters. The molecule has 2 rings (SSSR count). The Balaban J connectivity index is 1.91. The predicted octanol–water partition coefficient (Wildman–Crippen LogP) is 3.48. The average Bonchev–Trinajstić information content (AvgIpc) is 2.60. The van der Waals surface area contributed by atoms with Crippen LogP contribution in [-0.4, -0.2) is 24.6 Å². The van der Waals surface area contributed by atoms with Gasteiger partial charge in [0.05, 0.1) is 6.54 Å². The van der Waals surface area contributed by atoms with Crippen molar-refractivity contribution < 1.29 is 9.59 Å². The van der Waals surface area contributed by atoms with E-state index in [0.717, 1.165) is 29.0 Å². The van der Waals surface area contributed by atoms with Crippen molar-refractivity contribution in [3.8, 4) is 0 Å². The Morgan fingerprint density at radius 2 is 1.88 bits per heavy atom. The van der Waals surface area contributed by atoms with Gasteiger partial charge in [-0.25, -0.2) is 0 Å². The lowest BCUT2D eigenvalue weighted by atomic mass is 10.1. The first-order valence-corrected chi connectivity index (χ1v) is 9.27. The van der Waals surface area contributed by atoms with E-state index in [1.165, 1.54) is 0 Å². The summed E-state index contributed by atoms with van der Waals surface area (Å²) >= 11 is 1.70. The Morgan fingerprint density at radius 3 is 2.62 bits per heavy atom. The van der Waals surface area contributed by atoms with Gasteiger partial charge in [-0.05, 0) is 42.0 Å². The topological polar surface area (TPSA) is 58.2 Å². The Labute approximate surface area is 147 Å². The second-order valence-corrected chi connectivity index (χ2v) is 6.24. The van der Waals surface area contributed by atoms with Crippen LogP contribution in [0.1, 0.15) is 28.4 Å². The lowest BCUT2D eigenvalue weighted by Gasteiger charge is -2.10. The molecule has 0 radical (unpaired) electrons. The number of anilines is 1. The molecule has 126 valence electrons. The molecule has 2 aromatic rings. The highest BCUT2D eigenvalue weighted by Gasteiger charge is 2.10. The van der Waals surface area contributed by atoms with Crippen LogP contribution in [0.15, 0.2) is 48.5 Å². The van der Waals surface area contributed by atoms with Gasteiger partial charge in [0.1, 0.15) is 0 Å². The van der Waals surface area contributed by atoms with Crippen LogP contribution in [0, 0.1) is 0 Å². The SMILES string of the molecule is CCc1ccccc1NC(=O)CNC(=O)c1cccc(CSC)c1. The largest absolute Gasteiger partial charge is 0.343 e. The number of benzene rings is 2. The van der Waals surface area contributed by atoms with Crippen molar-refractivity contribution in [2.75, 3.05) is 18.1 Å². The molecule has 0 spiro atoms. The van der Waals surface area contributed by atoms with Crippen LogP contribution in [0.4, 0.5) is 5.69 Å². The molecule has 2 amide bonds. The number of para-hydroxylation sites is 1. The number of thioether (sulfide) groups is 1. The maximum atomic E-state index is 12.2. The molecule has 2 N–H and O–H groups in total. The number of amides is 2. The van der Waals surface area contributed by atoms with Gasteiger partial charge in [-0.1, -0.05) is 37.3 Å². The number of rotatable bonds is 7. The molecule has 5 heteroatoms. The quantitative estimate of drug-likeness (QED) is 0.810. The van der Waals surface area contributed by atoms with E-state index in [2.05, 4.69) is 10.6 Å². The Morgan fingerprint density at radius 1 is 1.08 bits per heavy atom. The predicted molar refractivity (Wildman–Crippen MR) is 100 cm³/mol. The first-order valence-electron chi connectivity index (χ1n) is 7.88. The van der Waals surface area contributed by atoms with Crippen LogP contribution < -0.4 is 10.6 Å². The summed E-state index contributed by atoms with van der Waals surface area (Å²) in [5, 5.41) is 5.51. The van der Waals surface area contributed by atoms with Crippen LogP contribution in [0.3, 0.4) is 0 Å². The third kappa shape index (κ3) is 5.13. The maximum absolute atomic E-state index is 12.2. The van der Waals surface area contributed by atoms with Gasteiger partial charge in [-0.15, -0.1) is 0 Å². The van der Waals surface area contributed by atoms with Crippen LogP contribution in [-0.2, 0) is 17.0 Å². The van der Waals surface area contributed by atoms with Crippen LogP contribution >= 0.6 is 11.8 Å². The van der Waals surface area contributed by atoms with Gasteiger partial charge < -0.3 is 10.6 Å². The van der Waals surface area contributed by atoms with E-state index in [1.54, 1.807) is 17.8 Å². The van der Waals surface area contributed by atoms with E-state index in [1.807, 2.05) is 55.6 Å². The molecule has 0 saturated carbocycles. The van der Waals surface area contributed by atoms with Crippen molar-refractivity contribution in [3.05, 3.63) is 65.2 Å². The molecule has 0 bridgehead atoms. The second-order valence-electron chi connectivity index (χ2n) is 5.37. The van der Waals surface area contributed by atoms with Gasteiger partial charge in [0.2, 0.25) is 5.91 Å². The van der Waals surface area contributed by atoms with Gasteiger partial charge in [-0.3, -0.25) is 9.59 Å². The Bertz CT molecular complexity index is 716. The van der Waals surface area contributed by atoms with E-state index in [9.17, 15) is 9.59 Å². The number of carbonyl (C=O) groups excluding carboxylic acids is 2. The fourth-order valence-corrected chi connectivity index (χ4v) is 2.89. The first-order chi connectivity index (χ1) is 11.6. The molecule has 0 heterocycles. The molecule has 0 aliphatic carbocycles. The third-order valence-corrected chi connectivity index (χ3v) is 4.20. The number of hydrogen-bond donors (Lipinski definition) is 2. The summed E-state index contributed by atoms with van der Waals surface area (Å²) in [6.45, 7) is 1.98. The van der Waals surface area contributed by atoms with Crippen LogP contribution in [0.25, 0.3) is 0 Å². The molecule has 0 aliphatic rings. The number of aryl methyl sites for hydroxylation is 1. The summed E-state index contributed by atoms with van der Waals surface area (Å²) < 4.78 is 0. The summed E-state index contributed by atoms with van der Waals surface area (Å²) in [7, 11) is 0. The minimum atomic E-state index is -0.239. The highest BCUT2D eigenvalue weighted by atomic mass is 32.2. The van der Waals surface area contributed by atoms with E-state index >= 15 is 0 Å². The monoisotopic (exact) mass is 342 g/mol. The summed E-state index contributed by atoms with van der Waals surface area (Å²) in [5.41, 5.74) is 3.53. The zero-order valence-corrected chi connectivity index (χ0v) is 14.8. The Hall–Kier alpha value is -2.27. The number of carbonyl (C=O) groups is 2. The Kier molecular flexibility index (Phi) is 6.88. The van der Waals surface area contributed by atoms with Crippen molar-refractivity contribution in [2.45, 2.75) is 19.1 Å². The van der Waals surface area contributed by atoms with Gasteiger partial charge in [0.25, 0.3) is 5.91 Å². The maximum Gasteiger partial charge on any atom is 0.251 e. The van der Waals surface area contributed by atoms with Crippen molar-refractivity contribution in [1.82, 2.24) is 5.32 Å². The zero-order valence-electron chi connectivity index (χ0n) is 14.0. The van der Waals surface area contributed by atoms with Crippen LogP contribution in [0.2, 0.25) is 0 Å². The first kappa shape index (κ1) is 18.1. The number of hydrogen-bond acceptors (Lipinski definition) is 3. The second kappa shape index (κ2) is 9.13. The highest BCUT2D eigenvalue weighted by Crippen LogP contribution is 2.15. The van der Waals surface area contributed by atoms with Gasteiger partial charge in [0, 0.05) is 17.0 Å². The fraction of sp³-hybridized carbons (Fsp3) is 0.263. The fourth-order valence-electron chi connectivity index (χ4n) is 2.38. The normalized spacial score (nSPS) is 10.2. The molecular formula is C19H22N2O2S. The standard InChI is InChI=1S/C19H22N2O2S/c1-3-15-8-4-5-10-17(15)21-18(22)12-20-19(23)16-9-6-7-14(11-16)13-24-2/h4-11H,3,12-13H2,1-2H3,(H,20,23)(H,21,22). The molecule has 2 aromatic carbocycles. The summed E-state index contributed by atoms with van der Waals surface area (Å²) in [6.07, 6.45) is 2.86. The van der Waals surface area contributed by atoms with E-state index in [-0.39, 0.29) is 18.4 Å². The summed E-state index contributed by atoms with van der Waals surface area (Å²) in [4.78, 5) is 24.2. The summed E-state index contributed by atoms with van der Waals surface area (Å²) in [6, 6.07) is 15.1. The molecular weight excluding hydrogens is 320 g/mol. The minimum Gasteiger partial charge on any atom is -0.343 e. The average molecular weight is 342 g/mol. The molecule has 0 fully saturated rings. The lowest BCUT2D eigenvalue weighted by Crippen LogP contribution is -2.33. The zero-order chi connectivity index (χ0) is 17.4. The van der Waals surface area contributed by atoms with Crippen molar-refractivity contribution >= 4 is 29.3 Å².